The molecule has 35 heavy (non-hydrogen) atoms. The number of allylic oxidation sites excluding steroid dienone is 2. The van der Waals surface area contributed by atoms with E-state index in [1.807, 2.05) is 0 Å². The lowest BCUT2D eigenvalue weighted by Gasteiger charge is -2.65. The molecule has 5 rings (SSSR count). The fourth-order valence-corrected chi connectivity index (χ4v) is 9.89. The Bertz CT molecular complexity index is 894. The SMILES string of the molecule is CC1(C)CC[C@@]2(C(=O)O)C(C1)C1=CCC3C4C[C@H](O)[C@H](O)C(CO)(CO)C4CCC3[C@]1(C)C[C@H]2O. The largest absolute Gasteiger partial charge is 0.481 e. The van der Waals surface area contributed by atoms with E-state index in [0.717, 1.165) is 32.1 Å². The van der Waals surface area contributed by atoms with Gasteiger partial charge in [-0.1, -0.05) is 32.4 Å². The van der Waals surface area contributed by atoms with Crippen molar-refractivity contribution in [3.05, 3.63) is 11.6 Å². The summed E-state index contributed by atoms with van der Waals surface area (Å²) in [4.78, 5) is 12.7. The Labute approximate surface area is 208 Å². The Morgan fingerprint density at radius 1 is 0.971 bits per heavy atom. The summed E-state index contributed by atoms with van der Waals surface area (Å²) < 4.78 is 0. The molecule has 198 valence electrons. The predicted molar refractivity (Wildman–Crippen MR) is 129 cm³/mol. The zero-order chi connectivity index (χ0) is 25.6. The van der Waals surface area contributed by atoms with Crippen LogP contribution in [0.2, 0.25) is 0 Å². The molecule has 0 heterocycles. The molecule has 5 aliphatic rings. The average Bonchev–Trinajstić information content (AvgIpc) is 2.79. The van der Waals surface area contributed by atoms with Crippen molar-refractivity contribution in [2.75, 3.05) is 13.2 Å². The Morgan fingerprint density at radius 2 is 1.63 bits per heavy atom. The number of aliphatic hydroxyl groups is 5. The second kappa shape index (κ2) is 8.26. The van der Waals surface area contributed by atoms with Crippen molar-refractivity contribution < 1.29 is 35.4 Å². The van der Waals surface area contributed by atoms with E-state index in [9.17, 15) is 35.4 Å². The van der Waals surface area contributed by atoms with Gasteiger partial charge in [0, 0.05) is 5.41 Å². The van der Waals surface area contributed by atoms with E-state index in [1.165, 1.54) is 5.57 Å². The molecule has 4 fully saturated rings. The molecule has 5 aliphatic carbocycles. The number of fused-ring (bicyclic) bond motifs is 7. The Kier molecular flexibility index (Phi) is 6.05. The van der Waals surface area contributed by atoms with E-state index in [4.69, 9.17) is 0 Å². The van der Waals surface area contributed by atoms with Gasteiger partial charge in [-0.25, -0.2) is 0 Å². The van der Waals surface area contributed by atoms with Crippen LogP contribution in [0.25, 0.3) is 0 Å². The first-order chi connectivity index (χ1) is 16.4. The summed E-state index contributed by atoms with van der Waals surface area (Å²) in [5, 5.41) is 64.0. The maximum Gasteiger partial charge on any atom is 0.312 e. The summed E-state index contributed by atoms with van der Waals surface area (Å²) in [5.74, 6) is -0.678. The number of aliphatic hydroxyl groups excluding tert-OH is 5. The molecule has 0 aromatic carbocycles. The molecule has 7 nitrogen and oxygen atoms in total. The van der Waals surface area contributed by atoms with Crippen LogP contribution in [0.1, 0.15) is 72.1 Å². The van der Waals surface area contributed by atoms with Gasteiger partial charge >= 0.3 is 5.97 Å². The van der Waals surface area contributed by atoms with Crippen molar-refractivity contribution in [2.45, 2.75) is 90.4 Å². The van der Waals surface area contributed by atoms with E-state index < -0.39 is 35.1 Å². The van der Waals surface area contributed by atoms with Gasteiger partial charge in [0.05, 0.1) is 31.5 Å². The minimum atomic E-state index is -1.15. The van der Waals surface area contributed by atoms with Gasteiger partial charge in [-0.3, -0.25) is 4.79 Å². The minimum absolute atomic E-state index is 0.0163. The highest BCUT2D eigenvalue weighted by atomic mass is 16.4. The van der Waals surface area contributed by atoms with E-state index in [0.29, 0.717) is 19.3 Å². The van der Waals surface area contributed by atoms with Gasteiger partial charge in [-0.15, -0.1) is 0 Å². The number of rotatable bonds is 3. The zero-order valence-corrected chi connectivity index (χ0v) is 21.4. The van der Waals surface area contributed by atoms with Crippen molar-refractivity contribution in [1.82, 2.24) is 0 Å². The number of carboxylic acid groups (broad SMARTS) is 1. The van der Waals surface area contributed by atoms with Crippen LogP contribution in [0.3, 0.4) is 0 Å². The van der Waals surface area contributed by atoms with Gasteiger partial charge in [0.2, 0.25) is 0 Å². The normalized spacial score (nSPS) is 50.1. The van der Waals surface area contributed by atoms with Crippen molar-refractivity contribution in [3.63, 3.8) is 0 Å². The van der Waals surface area contributed by atoms with Crippen LogP contribution in [-0.4, -0.2) is 68.1 Å². The molecular formula is C28H44O7. The Morgan fingerprint density at radius 3 is 2.26 bits per heavy atom. The molecular weight excluding hydrogens is 448 g/mol. The number of carbonyl (C=O) groups is 1. The third-order valence-electron chi connectivity index (χ3n) is 11.8. The van der Waals surface area contributed by atoms with Gasteiger partial charge in [0.1, 0.15) is 5.41 Å². The lowest BCUT2D eigenvalue weighted by Crippen LogP contribution is -2.65. The van der Waals surface area contributed by atoms with Gasteiger partial charge in [-0.2, -0.15) is 0 Å². The van der Waals surface area contributed by atoms with Crippen molar-refractivity contribution in [2.24, 2.45) is 51.2 Å². The first kappa shape index (κ1) is 25.7. The van der Waals surface area contributed by atoms with Gasteiger partial charge < -0.3 is 30.6 Å². The first-order valence-electron chi connectivity index (χ1n) is 13.6. The number of hydrogen-bond donors (Lipinski definition) is 6. The molecule has 0 spiro atoms. The highest BCUT2D eigenvalue weighted by molar-refractivity contribution is 5.77. The highest BCUT2D eigenvalue weighted by Gasteiger charge is 2.67. The average molecular weight is 493 g/mol. The van der Waals surface area contributed by atoms with E-state index >= 15 is 0 Å². The third-order valence-corrected chi connectivity index (χ3v) is 11.8. The maximum atomic E-state index is 12.7. The summed E-state index contributed by atoms with van der Waals surface area (Å²) >= 11 is 0. The minimum Gasteiger partial charge on any atom is -0.481 e. The van der Waals surface area contributed by atoms with Gasteiger partial charge in [-0.05, 0) is 91.8 Å². The van der Waals surface area contributed by atoms with Crippen LogP contribution in [0.5, 0.6) is 0 Å². The smallest absolute Gasteiger partial charge is 0.312 e. The monoisotopic (exact) mass is 492 g/mol. The standard InChI is InChI=1S/C28H44O7/c1-25(2)8-9-28(24(34)35)20(11-25)19-5-4-15-16-10-21(31)23(33)27(13-29,14-30)18(16)7-6-17(15)26(19,3)12-22(28)32/h5,15-18,20-23,29-33H,4,6-14H2,1-3H3,(H,34,35)/t15?,16?,17?,18?,20?,21-,22+,23-,26-,28+/m0/s1. The molecule has 0 aromatic rings. The molecule has 5 unspecified atom stereocenters. The summed E-state index contributed by atoms with van der Waals surface area (Å²) in [6, 6.07) is 0. The topological polar surface area (TPSA) is 138 Å². The van der Waals surface area contributed by atoms with Crippen LogP contribution in [0, 0.1) is 51.2 Å². The molecule has 0 saturated heterocycles. The zero-order valence-electron chi connectivity index (χ0n) is 21.4. The summed E-state index contributed by atoms with van der Waals surface area (Å²) in [6.45, 7) is 5.89. The highest BCUT2D eigenvalue weighted by Crippen LogP contribution is 2.69. The summed E-state index contributed by atoms with van der Waals surface area (Å²) in [5.41, 5.74) is -1.34. The molecule has 0 radical (unpaired) electrons. The second-order valence-corrected chi connectivity index (χ2v) is 13.7. The summed E-state index contributed by atoms with van der Waals surface area (Å²) in [6.07, 6.45) is 4.44. The van der Waals surface area contributed by atoms with Crippen LogP contribution in [0.15, 0.2) is 11.6 Å². The van der Waals surface area contributed by atoms with Crippen LogP contribution < -0.4 is 0 Å². The quantitative estimate of drug-likeness (QED) is 0.333. The fraction of sp³-hybridized carbons (Fsp3) is 0.893. The van der Waals surface area contributed by atoms with Crippen LogP contribution in [0.4, 0.5) is 0 Å². The molecule has 0 aliphatic heterocycles. The van der Waals surface area contributed by atoms with Crippen molar-refractivity contribution in [1.29, 1.82) is 0 Å². The number of carboxylic acids is 1. The van der Waals surface area contributed by atoms with E-state index in [2.05, 4.69) is 26.8 Å². The number of hydrogen-bond acceptors (Lipinski definition) is 6. The first-order valence-corrected chi connectivity index (χ1v) is 13.6. The molecule has 7 heteroatoms. The lowest BCUT2D eigenvalue weighted by atomic mass is 9.40. The van der Waals surface area contributed by atoms with Crippen LogP contribution >= 0.6 is 0 Å². The van der Waals surface area contributed by atoms with E-state index in [-0.39, 0.29) is 53.6 Å². The molecule has 6 N–H and O–H groups in total. The molecule has 4 saturated carbocycles. The molecule has 10 atom stereocenters. The van der Waals surface area contributed by atoms with E-state index in [1.54, 1.807) is 0 Å². The van der Waals surface area contributed by atoms with Gasteiger partial charge in [0.25, 0.3) is 0 Å². The Balaban J connectivity index is 1.56. The molecule has 0 aromatic heterocycles. The summed E-state index contributed by atoms with van der Waals surface area (Å²) in [7, 11) is 0. The molecule has 0 bridgehead atoms. The van der Waals surface area contributed by atoms with Crippen molar-refractivity contribution in [3.8, 4) is 0 Å². The number of aliphatic carboxylic acids is 1. The Hall–Kier alpha value is -0.990. The lowest BCUT2D eigenvalue weighted by molar-refractivity contribution is -0.213. The fourth-order valence-electron chi connectivity index (χ4n) is 9.89. The third kappa shape index (κ3) is 3.30. The maximum absolute atomic E-state index is 12.7. The van der Waals surface area contributed by atoms with Gasteiger partial charge in [0.15, 0.2) is 0 Å². The molecule has 0 amide bonds. The predicted octanol–water partition coefficient (Wildman–Crippen LogP) is 2.34. The van der Waals surface area contributed by atoms with Crippen LogP contribution in [-0.2, 0) is 4.79 Å². The van der Waals surface area contributed by atoms with Crippen molar-refractivity contribution >= 4 is 5.97 Å². The second-order valence-electron chi connectivity index (χ2n) is 13.7.